The van der Waals surface area contributed by atoms with Crippen molar-refractivity contribution in [2.45, 2.75) is 25.6 Å². The van der Waals surface area contributed by atoms with Crippen LogP contribution in [0.5, 0.6) is 5.75 Å². The van der Waals surface area contributed by atoms with Gasteiger partial charge < -0.3 is 9.84 Å². The molecule has 0 amide bonds. The Morgan fingerprint density at radius 1 is 1.21 bits per heavy atom. The molecule has 0 fully saturated rings. The third-order valence-electron chi connectivity index (χ3n) is 3.40. The summed E-state index contributed by atoms with van der Waals surface area (Å²) < 4.78 is 18.8. The molecule has 0 spiro atoms. The first kappa shape index (κ1) is 12.2. The highest BCUT2D eigenvalue weighted by molar-refractivity contribution is 5.43. The van der Waals surface area contributed by atoms with Gasteiger partial charge in [-0.15, -0.1) is 0 Å². The fraction of sp³-hybridized carbons (Fsp3) is 0.250. The number of hydrogen-bond acceptors (Lipinski definition) is 2. The summed E-state index contributed by atoms with van der Waals surface area (Å²) in [4.78, 5) is 0. The van der Waals surface area contributed by atoms with E-state index < -0.39 is 6.10 Å². The van der Waals surface area contributed by atoms with E-state index in [2.05, 4.69) is 0 Å². The molecule has 0 radical (unpaired) electrons. The van der Waals surface area contributed by atoms with Crippen LogP contribution in [0.2, 0.25) is 0 Å². The smallest absolute Gasteiger partial charge is 0.123 e. The van der Waals surface area contributed by atoms with Crippen molar-refractivity contribution in [1.82, 2.24) is 0 Å². The van der Waals surface area contributed by atoms with E-state index in [4.69, 9.17) is 4.74 Å². The molecule has 0 saturated carbocycles. The van der Waals surface area contributed by atoms with Crippen LogP contribution in [-0.4, -0.2) is 11.2 Å². The molecular weight excluding hydrogens is 243 g/mol. The summed E-state index contributed by atoms with van der Waals surface area (Å²) in [5, 5.41) is 10.3. The lowest BCUT2D eigenvalue weighted by atomic mass is 9.98. The molecule has 1 aliphatic heterocycles. The number of ether oxygens (including phenoxy) is 1. The molecule has 3 rings (SSSR count). The Morgan fingerprint density at radius 2 is 2.00 bits per heavy atom. The molecule has 2 aromatic carbocycles. The van der Waals surface area contributed by atoms with Gasteiger partial charge in [-0.25, -0.2) is 4.39 Å². The summed E-state index contributed by atoms with van der Waals surface area (Å²) >= 11 is 0. The van der Waals surface area contributed by atoms with Crippen molar-refractivity contribution in [3.8, 4) is 5.75 Å². The summed E-state index contributed by atoms with van der Waals surface area (Å²) in [6.45, 7) is 2.02. The van der Waals surface area contributed by atoms with E-state index >= 15 is 0 Å². The molecule has 2 unspecified atom stereocenters. The molecule has 1 heterocycles. The fourth-order valence-electron chi connectivity index (χ4n) is 2.48. The molecule has 0 bridgehead atoms. The average molecular weight is 258 g/mol. The number of aliphatic hydroxyl groups is 1. The highest BCUT2D eigenvalue weighted by Gasteiger charge is 2.21. The minimum atomic E-state index is -0.808. The molecule has 0 aromatic heterocycles. The van der Waals surface area contributed by atoms with Gasteiger partial charge in [-0.1, -0.05) is 18.2 Å². The van der Waals surface area contributed by atoms with Gasteiger partial charge in [0.25, 0.3) is 0 Å². The maximum Gasteiger partial charge on any atom is 0.123 e. The van der Waals surface area contributed by atoms with Crippen LogP contribution < -0.4 is 4.74 Å². The van der Waals surface area contributed by atoms with Crippen LogP contribution in [-0.2, 0) is 6.42 Å². The molecule has 3 heteroatoms. The van der Waals surface area contributed by atoms with E-state index in [0.717, 1.165) is 23.3 Å². The molecule has 2 nitrogen and oxygen atoms in total. The monoisotopic (exact) mass is 258 g/mol. The van der Waals surface area contributed by atoms with E-state index in [1.54, 1.807) is 12.1 Å². The van der Waals surface area contributed by atoms with Gasteiger partial charge in [-0.2, -0.15) is 0 Å². The third-order valence-corrected chi connectivity index (χ3v) is 3.40. The first-order valence-corrected chi connectivity index (χ1v) is 6.36. The lowest BCUT2D eigenvalue weighted by Gasteiger charge is -2.12. The highest BCUT2D eigenvalue weighted by Crippen LogP contribution is 2.32. The zero-order valence-electron chi connectivity index (χ0n) is 10.6. The second-order valence-corrected chi connectivity index (χ2v) is 4.96. The fourth-order valence-corrected chi connectivity index (χ4v) is 2.48. The van der Waals surface area contributed by atoms with Crippen LogP contribution in [0.1, 0.15) is 29.7 Å². The molecule has 1 aliphatic rings. The Kier molecular flexibility index (Phi) is 2.99. The SMILES string of the molecule is CC1Cc2cc(C(O)c3cccc(F)c3)ccc2O1. The summed E-state index contributed by atoms with van der Waals surface area (Å²) in [7, 11) is 0. The predicted octanol–water partition coefficient (Wildman–Crippen LogP) is 3.23. The van der Waals surface area contributed by atoms with E-state index in [1.165, 1.54) is 12.1 Å². The van der Waals surface area contributed by atoms with Crippen molar-refractivity contribution >= 4 is 0 Å². The highest BCUT2D eigenvalue weighted by atomic mass is 19.1. The van der Waals surface area contributed by atoms with Crippen LogP contribution >= 0.6 is 0 Å². The van der Waals surface area contributed by atoms with E-state index in [9.17, 15) is 9.50 Å². The molecule has 0 saturated heterocycles. The summed E-state index contributed by atoms with van der Waals surface area (Å²) in [5.74, 6) is 0.539. The number of benzene rings is 2. The van der Waals surface area contributed by atoms with Gasteiger partial charge in [0.15, 0.2) is 0 Å². The van der Waals surface area contributed by atoms with Gasteiger partial charge in [0, 0.05) is 6.42 Å². The number of hydrogen-bond donors (Lipinski definition) is 1. The van der Waals surface area contributed by atoms with E-state index in [-0.39, 0.29) is 11.9 Å². The van der Waals surface area contributed by atoms with Crippen molar-refractivity contribution < 1.29 is 14.2 Å². The quantitative estimate of drug-likeness (QED) is 0.896. The Morgan fingerprint density at radius 3 is 2.79 bits per heavy atom. The number of aliphatic hydroxyl groups excluding tert-OH is 1. The average Bonchev–Trinajstić information content (AvgIpc) is 2.76. The Labute approximate surface area is 111 Å². The molecule has 2 atom stereocenters. The maximum absolute atomic E-state index is 13.2. The largest absolute Gasteiger partial charge is 0.490 e. The third kappa shape index (κ3) is 2.34. The second-order valence-electron chi connectivity index (χ2n) is 4.96. The molecule has 98 valence electrons. The maximum atomic E-state index is 13.2. The van der Waals surface area contributed by atoms with Gasteiger partial charge in [-0.05, 0) is 47.9 Å². The van der Waals surface area contributed by atoms with Crippen molar-refractivity contribution in [2.24, 2.45) is 0 Å². The van der Waals surface area contributed by atoms with E-state index in [1.807, 2.05) is 25.1 Å². The van der Waals surface area contributed by atoms with E-state index in [0.29, 0.717) is 5.56 Å². The van der Waals surface area contributed by atoms with Crippen molar-refractivity contribution in [2.75, 3.05) is 0 Å². The zero-order chi connectivity index (χ0) is 13.4. The zero-order valence-corrected chi connectivity index (χ0v) is 10.6. The lowest BCUT2D eigenvalue weighted by molar-refractivity contribution is 0.219. The van der Waals surface area contributed by atoms with Crippen molar-refractivity contribution in [3.05, 3.63) is 65.0 Å². The molecule has 2 aromatic rings. The Balaban J connectivity index is 1.93. The number of halogens is 1. The Bertz CT molecular complexity index is 609. The van der Waals surface area contributed by atoms with Gasteiger partial charge in [0.1, 0.15) is 23.8 Å². The minimum absolute atomic E-state index is 0.177. The van der Waals surface area contributed by atoms with Gasteiger partial charge in [0.05, 0.1) is 0 Å². The van der Waals surface area contributed by atoms with Gasteiger partial charge in [-0.3, -0.25) is 0 Å². The van der Waals surface area contributed by atoms with Crippen LogP contribution in [0.15, 0.2) is 42.5 Å². The van der Waals surface area contributed by atoms with Crippen molar-refractivity contribution in [1.29, 1.82) is 0 Å². The number of fused-ring (bicyclic) bond motifs is 1. The molecule has 19 heavy (non-hydrogen) atoms. The van der Waals surface area contributed by atoms with Crippen LogP contribution in [0.4, 0.5) is 4.39 Å². The summed E-state index contributed by atoms with van der Waals surface area (Å²) in [5.41, 5.74) is 2.43. The molecule has 0 aliphatic carbocycles. The Hall–Kier alpha value is -1.87. The van der Waals surface area contributed by atoms with Crippen LogP contribution in [0.25, 0.3) is 0 Å². The minimum Gasteiger partial charge on any atom is -0.490 e. The molecule has 1 N–H and O–H groups in total. The van der Waals surface area contributed by atoms with Crippen LogP contribution in [0, 0.1) is 5.82 Å². The van der Waals surface area contributed by atoms with Crippen LogP contribution in [0.3, 0.4) is 0 Å². The normalized spacial score (nSPS) is 18.8. The summed E-state index contributed by atoms with van der Waals surface area (Å²) in [6, 6.07) is 11.7. The number of rotatable bonds is 2. The predicted molar refractivity (Wildman–Crippen MR) is 70.7 cm³/mol. The lowest BCUT2D eigenvalue weighted by Crippen LogP contribution is -2.05. The second kappa shape index (κ2) is 4.67. The standard InChI is InChI=1S/C16H15FO2/c1-10-7-13-8-12(5-6-15(13)19-10)16(18)11-3-2-4-14(17)9-11/h2-6,8-10,16,18H,7H2,1H3. The first-order valence-electron chi connectivity index (χ1n) is 6.36. The van der Waals surface area contributed by atoms with Gasteiger partial charge >= 0.3 is 0 Å². The van der Waals surface area contributed by atoms with Crippen molar-refractivity contribution in [3.63, 3.8) is 0 Å². The summed E-state index contributed by atoms with van der Waals surface area (Å²) in [6.07, 6.45) is 0.215. The topological polar surface area (TPSA) is 29.5 Å². The van der Waals surface area contributed by atoms with Gasteiger partial charge in [0.2, 0.25) is 0 Å². The molecular formula is C16H15FO2. The first-order chi connectivity index (χ1) is 9.13.